The van der Waals surface area contributed by atoms with Crippen molar-refractivity contribution in [2.45, 2.75) is 78.2 Å². The molecule has 0 radical (unpaired) electrons. The molecule has 2 aliphatic rings. The number of H-pyrrole nitrogens is 1. The van der Waals surface area contributed by atoms with E-state index in [2.05, 4.69) is 38.8 Å². The Morgan fingerprint density at radius 2 is 1.83 bits per heavy atom. The van der Waals surface area contributed by atoms with Crippen molar-refractivity contribution in [1.82, 2.24) is 25.0 Å². The number of aromatic amines is 1. The summed E-state index contributed by atoms with van der Waals surface area (Å²) in [6.45, 7) is 5.33. The van der Waals surface area contributed by atoms with Crippen molar-refractivity contribution in [3.05, 3.63) is 28.6 Å². The standard InChI is InChI=1S/C18H27N5/c1-13-15(14(2)20-19-13)7-8-16-21-22-17-11-18(12-23(16)17)9-5-3-4-6-10-18/h3-12H2,1-2H3,(H,19,20). The first kappa shape index (κ1) is 14.9. The third kappa shape index (κ3) is 2.70. The zero-order chi connectivity index (χ0) is 15.9. The summed E-state index contributed by atoms with van der Waals surface area (Å²) in [6, 6.07) is 0. The maximum absolute atomic E-state index is 4.51. The van der Waals surface area contributed by atoms with Crippen LogP contribution in [0.25, 0.3) is 0 Å². The fourth-order valence-corrected chi connectivity index (χ4v) is 4.59. The summed E-state index contributed by atoms with van der Waals surface area (Å²) in [6.07, 6.45) is 11.4. The summed E-state index contributed by atoms with van der Waals surface area (Å²) in [5.41, 5.74) is 4.12. The minimum Gasteiger partial charge on any atom is -0.314 e. The second kappa shape index (κ2) is 5.77. The Bertz CT molecular complexity index is 669. The molecule has 3 heterocycles. The van der Waals surface area contributed by atoms with Crippen molar-refractivity contribution >= 4 is 0 Å². The molecule has 23 heavy (non-hydrogen) atoms. The van der Waals surface area contributed by atoms with Gasteiger partial charge in [-0.05, 0) is 44.1 Å². The monoisotopic (exact) mass is 313 g/mol. The highest BCUT2D eigenvalue weighted by atomic mass is 15.3. The molecule has 0 atom stereocenters. The third-order valence-electron chi connectivity index (χ3n) is 5.97. The van der Waals surface area contributed by atoms with Gasteiger partial charge >= 0.3 is 0 Å². The summed E-state index contributed by atoms with van der Waals surface area (Å²) in [4.78, 5) is 0. The van der Waals surface area contributed by atoms with Crippen LogP contribution < -0.4 is 0 Å². The Morgan fingerprint density at radius 1 is 1.04 bits per heavy atom. The second-order valence-electron chi connectivity index (χ2n) is 7.62. The molecule has 2 aromatic rings. The van der Waals surface area contributed by atoms with Crippen LogP contribution in [-0.2, 0) is 25.8 Å². The molecule has 0 aromatic carbocycles. The van der Waals surface area contributed by atoms with E-state index in [9.17, 15) is 0 Å². The molecule has 1 aliphatic heterocycles. The maximum atomic E-state index is 4.51. The maximum Gasteiger partial charge on any atom is 0.133 e. The lowest BCUT2D eigenvalue weighted by Crippen LogP contribution is -2.22. The first-order valence-corrected chi connectivity index (χ1v) is 9.08. The van der Waals surface area contributed by atoms with E-state index in [0.29, 0.717) is 5.41 Å². The van der Waals surface area contributed by atoms with Crippen LogP contribution in [0.4, 0.5) is 0 Å². The Balaban J connectivity index is 1.49. The molecule has 1 fully saturated rings. The first-order valence-electron chi connectivity index (χ1n) is 9.08. The molecule has 124 valence electrons. The Kier molecular flexibility index (Phi) is 3.74. The minimum absolute atomic E-state index is 0.484. The SMILES string of the molecule is Cc1n[nH]c(C)c1CCc1nnc2n1CC1(CCCCCC1)C2. The molecule has 1 spiro atoms. The predicted molar refractivity (Wildman–Crippen MR) is 89.3 cm³/mol. The molecule has 1 aliphatic carbocycles. The molecule has 5 heteroatoms. The van der Waals surface area contributed by atoms with Crippen LogP contribution in [0.5, 0.6) is 0 Å². The van der Waals surface area contributed by atoms with Gasteiger partial charge in [-0.15, -0.1) is 10.2 Å². The summed E-state index contributed by atoms with van der Waals surface area (Å²) in [5.74, 6) is 2.39. The first-order chi connectivity index (χ1) is 11.2. The fraction of sp³-hybridized carbons (Fsp3) is 0.722. The van der Waals surface area contributed by atoms with Crippen LogP contribution in [0.3, 0.4) is 0 Å². The number of nitrogens with zero attached hydrogens (tertiary/aromatic N) is 4. The second-order valence-corrected chi connectivity index (χ2v) is 7.62. The van der Waals surface area contributed by atoms with Gasteiger partial charge in [0, 0.05) is 25.1 Å². The fourth-order valence-electron chi connectivity index (χ4n) is 4.59. The Hall–Kier alpha value is -1.65. The lowest BCUT2D eigenvalue weighted by Gasteiger charge is -2.26. The van der Waals surface area contributed by atoms with Gasteiger partial charge in [0.1, 0.15) is 11.6 Å². The van der Waals surface area contributed by atoms with Crippen LogP contribution in [0.15, 0.2) is 0 Å². The molecule has 1 N–H and O–H groups in total. The number of hydrogen-bond donors (Lipinski definition) is 1. The van der Waals surface area contributed by atoms with Crippen LogP contribution >= 0.6 is 0 Å². The zero-order valence-corrected chi connectivity index (χ0v) is 14.4. The van der Waals surface area contributed by atoms with Gasteiger partial charge < -0.3 is 4.57 Å². The number of aromatic nitrogens is 5. The largest absolute Gasteiger partial charge is 0.314 e. The smallest absolute Gasteiger partial charge is 0.133 e. The summed E-state index contributed by atoms with van der Waals surface area (Å²) >= 11 is 0. The Labute approximate surface area is 137 Å². The Morgan fingerprint density at radius 3 is 2.52 bits per heavy atom. The normalized spacial score (nSPS) is 19.9. The molecular weight excluding hydrogens is 286 g/mol. The number of fused-ring (bicyclic) bond motifs is 1. The topological polar surface area (TPSA) is 59.4 Å². The number of rotatable bonds is 3. The van der Waals surface area contributed by atoms with Crippen molar-refractivity contribution in [3.63, 3.8) is 0 Å². The quantitative estimate of drug-likeness (QED) is 0.946. The van der Waals surface area contributed by atoms with E-state index in [-0.39, 0.29) is 0 Å². The molecule has 0 unspecified atom stereocenters. The van der Waals surface area contributed by atoms with Gasteiger partial charge in [0.05, 0.1) is 5.69 Å². The van der Waals surface area contributed by atoms with Crippen LogP contribution in [-0.4, -0.2) is 25.0 Å². The third-order valence-corrected chi connectivity index (χ3v) is 5.97. The molecule has 0 amide bonds. The van der Waals surface area contributed by atoms with E-state index in [1.54, 1.807) is 0 Å². The van der Waals surface area contributed by atoms with Gasteiger partial charge in [0.2, 0.25) is 0 Å². The van der Waals surface area contributed by atoms with Gasteiger partial charge in [-0.3, -0.25) is 5.10 Å². The molecular formula is C18H27N5. The average molecular weight is 313 g/mol. The van der Waals surface area contributed by atoms with Crippen LogP contribution in [0.2, 0.25) is 0 Å². The van der Waals surface area contributed by atoms with Crippen LogP contribution in [0.1, 0.15) is 67.1 Å². The summed E-state index contributed by atoms with van der Waals surface area (Å²) < 4.78 is 2.43. The average Bonchev–Trinajstić information content (AvgIpc) is 3.08. The highest BCUT2D eigenvalue weighted by Gasteiger charge is 2.39. The van der Waals surface area contributed by atoms with E-state index in [1.165, 1.54) is 61.4 Å². The van der Waals surface area contributed by atoms with Crippen molar-refractivity contribution in [1.29, 1.82) is 0 Å². The van der Waals surface area contributed by atoms with Crippen molar-refractivity contribution in [2.75, 3.05) is 0 Å². The molecule has 1 saturated carbocycles. The molecule has 4 rings (SSSR count). The van der Waals surface area contributed by atoms with E-state index in [1.807, 2.05) is 0 Å². The number of aryl methyl sites for hydroxylation is 3. The van der Waals surface area contributed by atoms with E-state index < -0.39 is 0 Å². The lowest BCUT2D eigenvalue weighted by molar-refractivity contribution is 0.235. The molecule has 5 nitrogen and oxygen atoms in total. The minimum atomic E-state index is 0.484. The summed E-state index contributed by atoms with van der Waals surface area (Å²) in [7, 11) is 0. The van der Waals surface area contributed by atoms with Gasteiger partial charge in [-0.1, -0.05) is 25.7 Å². The molecule has 0 saturated heterocycles. The van der Waals surface area contributed by atoms with E-state index >= 15 is 0 Å². The van der Waals surface area contributed by atoms with Gasteiger partial charge in [-0.25, -0.2) is 0 Å². The highest BCUT2D eigenvalue weighted by molar-refractivity contribution is 5.24. The van der Waals surface area contributed by atoms with E-state index in [0.717, 1.165) is 31.5 Å². The van der Waals surface area contributed by atoms with E-state index in [4.69, 9.17) is 0 Å². The molecule has 2 aromatic heterocycles. The predicted octanol–water partition coefficient (Wildman–Crippen LogP) is 3.30. The highest BCUT2D eigenvalue weighted by Crippen LogP contribution is 2.43. The lowest BCUT2D eigenvalue weighted by atomic mass is 9.79. The van der Waals surface area contributed by atoms with Crippen molar-refractivity contribution < 1.29 is 0 Å². The number of hydrogen-bond acceptors (Lipinski definition) is 3. The van der Waals surface area contributed by atoms with Gasteiger partial charge in [0.15, 0.2) is 0 Å². The van der Waals surface area contributed by atoms with Crippen molar-refractivity contribution in [3.8, 4) is 0 Å². The summed E-state index contributed by atoms with van der Waals surface area (Å²) in [5, 5.41) is 16.4. The van der Waals surface area contributed by atoms with Crippen LogP contribution in [0, 0.1) is 19.3 Å². The number of nitrogens with one attached hydrogen (secondary N) is 1. The van der Waals surface area contributed by atoms with Gasteiger partial charge in [0.25, 0.3) is 0 Å². The molecule has 0 bridgehead atoms. The van der Waals surface area contributed by atoms with Crippen molar-refractivity contribution in [2.24, 2.45) is 5.41 Å². The van der Waals surface area contributed by atoms with Gasteiger partial charge in [-0.2, -0.15) is 5.10 Å². The zero-order valence-electron chi connectivity index (χ0n) is 14.4.